The minimum Gasteiger partial charge on any atom is -0.458 e. The molecule has 0 aliphatic heterocycles. The van der Waals surface area contributed by atoms with Gasteiger partial charge in [0.2, 0.25) is 0 Å². The molecule has 0 atom stereocenters. The molecular formula is C16H10I3NO9S. The van der Waals surface area contributed by atoms with Crippen molar-refractivity contribution < 1.29 is 37.0 Å². The van der Waals surface area contributed by atoms with Gasteiger partial charge in [0.05, 0.1) is 10.5 Å². The first kappa shape index (κ1) is 25.1. The van der Waals surface area contributed by atoms with Crippen molar-refractivity contribution in [3.05, 3.63) is 62.3 Å². The van der Waals surface area contributed by atoms with Crippen molar-refractivity contribution >= 4 is 95.5 Å². The molecule has 160 valence electrons. The third kappa shape index (κ3) is 6.44. The highest BCUT2D eigenvalue weighted by molar-refractivity contribution is 14.1. The lowest BCUT2D eigenvalue weighted by Crippen LogP contribution is -2.16. The van der Waals surface area contributed by atoms with Gasteiger partial charge in [0.15, 0.2) is 0 Å². The summed E-state index contributed by atoms with van der Waals surface area (Å²) in [5.74, 6) is -1.73. The summed E-state index contributed by atoms with van der Waals surface area (Å²) in [6.45, 7) is -0.668. The van der Waals surface area contributed by atoms with E-state index in [-0.39, 0.29) is 13.2 Å². The normalized spacial score (nSPS) is 11.1. The van der Waals surface area contributed by atoms with Crippen LogP contribution in [0, 0.1) is 20.8 Å². The molecule has 10 nitrogen and oxygen atoms in total. The summed E-state index contributed by atoms with van der Waals surface area (Å²) in [4.78, 5) is 33.7. The topological polar surface area (TPSA) is 150 Å². The molecule has 1 N–H and O–H groups in total. The van der Waals surface area contributed by atoms with Crippen LogP contribution in [0.1, 0.15) is 20.7 Å². The number of hydrogen-bond donors (Lipinski definition) is 1. The lowest BCUT2D eigenvalue weighted by Gasteiger charge is -2.09. The average molecular weight is 773 g/mol. The lowest BCUT2D eigenvalue weighted by atomic mass is 10.2. The smallest absolute Gasteiger partial charge is 0.345 e. The Hall–Kier alpha value is -1.12. The maximum atomic E-state index is 12.2. The molecule has 2 aromatic carbocycles. The van der Waals surface area contributed by atoms with E-state index in [4.69, 9.17) is 14.0 Å². The predicted octanol–water partition coefficient (Wildman–Crippen LogP) is 3.67. The summed E-state index contributed by atoms with van der Waals surface area (Å²) in [6.07, 6.45) is 0. The first-order valence-electron chi connectivity index (χ1n) is 7.66. The van der Waals surface area contributed by atoms with E-state index in [1.807, 2.05) is 28.7 Å². The predicted molar refractivity (Wildman–Crippen MR) is 128 cm³/mol. The van der Waals surface area contributed by atoms with Crippen molar-refractivity contribution in [3.8, 4) is 0 Å². The van der Waals surface area contributed by atoms with Gasteiger partial charge in [0.1, 0.15) is 23.7 Å². The number of ether oxygens (including phenoxy) is 2. The van der Waals surface area contributed by atoms with E-state index < -0.39 is 43.1 Å². The van der Waals surface area contributed by atoms with E-state index in [0.29, 0.717) is 15.2 Å². The van der Waals surface area contributed by atoms with Crippen molar-refractivity contribution in [1.29, 1.82) is 0 Å². The second kappa shape index (κ2) is 10.5. The molecule has 0 aromatic heterocycles. The molecule has 0 spiro atoms. The molecule has 2 aromatic rings. The Bertz CT molecular complexity index is 1140. The van der Waals surface area contributed by atoms with Crippen molar-refractivity contribution in [2.75, 3.05) is 13.2 Å². The summed E-state index contributed by atoms with van der Waals surface area (Å²) in [7, 11) is -4.68. The second-order valence-corrected chi connectivity index (χ2v) is 10.3. The van der Waals surface area contributed by atoms with Crippen molar-refractivity contribution in [3.63, 3.8) is 0 Å². The zero-order valence-corrected chi connectivity index (χ0v) is 21.8. The largest absolute Gasteiger partial charge is 0.458 e. The van der Waals surface area contributed by atoms with Gasteiger partial charge >= 0.3 is 11.9 Å². The Morgan fingerprint density at radius 2 is 1.57 bits per heavy atom. The quantitative estimate of drug-likeness (QED) is 0.0847. The van der Waals surface area contributed by atoms with Crippen LogP contribution in [0.25, 0.3) is 0 Å². The van der Waals surface area contributed by atoms with Crippen LogP contribution < -0.4 is 0 Å². The van der Waals surface area contributed by atoms with Crippen LogP contribution in [0.4, 0.5) is 5.69 Å². The van der Waals surface area contributed by atoms with Gasteiger partial charge in [-0.3, -0.25) is 14.7 Å². The van der Waals surface area contributed by atoms with Gasteiger partial charge in [-0.2, -0.15) is 8.42 Å². The molecule has 0 amide bonds. The van der Waals surface area contributed by atoms with E-state index in [1.54, 1.807) is 6.07 Å². The maximum absolute atomic E-state index is 12.2. The van der Waals surface area contributed by atoms with Crippen LogP contribution in [-0.2, 0) is 19.6 Å². The molecule has 30 heavy (non-hydrogen) atoms. The van der Waals surface area contributed by atoms with Gasteiger partial charge < -0.3 is 9.47 Å². The SMILES string of the molecule is O=C(OCCOC(=O)c1cc(I)cc(I)c1I)c1ccc(S(=O)(=O)O)cc1[N+](=O)[O-]. The number of carbonyl (C=O) groups is 2. The van der Waals surface area contributed by atoms with E-state index in [9.17, 15) is 28.1 Å². The first-order valence-corrected chi connectivity index (χ1v) is 12.3. The summed E-state index contributed by atoms with van der Waals surface area (Å²) in [6, 6.07) is 5.78. The van der Waals surface area contributed by atoms with Crippen molar-refractivity contribution in [2.24, 2.45) is 0 Å². The highest BCUT2D eigenvalue weighted by Crippen LogP contribution is 2.25. The monoisotopic (exact) mass is 773 g/mol. The molecule has 0 aliphatic rings. The van der Waals surface area contributed by atoms with Crippen LogP contribution in [0.2, 0.25) is 0 Å². The van der Waals surface area contributed by atoms with E-state index >= 15 is 0 Å². The first-order chi connectivity index (χ1) is 13.9. The minimum absolute atomic E-state index is 0.292. The van der Waals surface area contributed by atoms with Crippen LogP contribution in [-0.4, -0.2) is 43.0 Å². The van der Waals surface area contributed by atoms with Gasteiger partial charge in [-0.05, 0) is 92.0 Å². The Labute approximate surface area is 211 Å². The molecule has 0 saturated carbocycles. The van der Waals surface area contributed by atoms with Gasteiger partial charge in [-0.25, -0.2) is 9.59 Å². The number of halogens is 3. The molecule has 0 saturated heterocycles. The fourth-order valence-corrected chi connectivity index (χ4v) is 5.00. The van der Waals surface area contributed by atoms with Gasteiger partial charge in [-0.15, -0.1) is 0 Å². The van der Waals surface area contributed by atoms with Crippen LogP contribution in [0.3, 0.4) is 0 Å². The second-order valence-electron chi connectivity index (χ2n) is 5.43. The number of rotatable bonds is 7. The molecule has 14 heteroatoms. The summed E-state index contributed by atoms with van der Waals surface area (Å²) >= 11 is 6.16. The van der Waals surface area contributed by atoms with Gasteiger partial charge in [-0.1, -0.05) is 0 Å². The zero-order chi connectivity index (χ0) is 22.6. The summed E-state index contributed by atoms with van der Waals surface area (Å²) < 4.78 is 43.6. The molecule has 2 rings (SSSR count). The van der Waals surface area contributed by atoms with Crippen molar-refractivity contribution in [1.82, 2.24) is 0 Å². The van der Waals surface area contributed by atoms with Crippen LogP contribution in [0.15, 0.2) is 35.2 Å². The number of nitrogens with zero attached hydrogens (tertiary/aromatic N) is 1. The Kier molecular flexibility index (Phi) is 8.77. The molecule has 0 radical (unpaired) electrons. The molecule has 0 fully saturated rings. The van der Waals surface area contributed by atoms with Crippen LogP contribution >= 0.6 is 67.8 Å². The van der Waals surface area contributed by atoms with Crippen molar-refractivity contribution in [2.45, 2.75) is 4.90 Å². The molecule has 0 aliphatic carbocycles. The number of hydrogen-bond acceptors (Lipinski definition) is 8. The Morgan fingerprint density at radius 1 is 1.00 bits per heavy atom. The van der Waals surface area contributed by atoms with E-state index in [1.165, 1.54) is 0 Å². The Morgan fingerprint density at radius 3 is 2.10 bits per heavy atom. The third-order valence-corrected chi connectivity index (χ3v) is 7.96. The maximum Gasteiger partial charge on any atom is 0.345 e. The number of benzene rings is 2. The van der Waals surface area contributed by atoms with E-state index in [0.717, 1.165) is 19.3 Å². The van der Waals surface area contributed by atoms with Gasteiger partial charge in [0.25, 0.3) is 15.8 Å². The Balaban J connectivity index is 2.03. The fourth-order valence-electron chi connectivity index (χ4n) is 2.12. The molecule has 0 heterocycles. The zero-order valence-electron chi connectivity index (χ0n) is 14.5. The summed E-state index contributed by atoms with van der Waals surface area (Å²) in [5.41, 5.74) is -1.01. The highest BCUT2D eigenvalue weighted by Gasteiger charge is 2.25. The molecular weight excluding hydrogens is 763 g/mol. The number of carbonyl (C=O) groups excluding carboxylic acids is 2. The highest BCUT2D eigenvalue weighted by atomic mass is 127. The fraction of sp³-hybridized carbons (Fsp3) is 0.125. The number of nitro groups is 1. The molecule has 0 unspecified atom stereocenters. The number of esters is 2. The van der Waals surface area contributed by atoms with E-state index in [2.05, 4.69) is 45.2 Å². The number of nitro benzene ring substituents is 1. The minimum atomic E-state index is -4.68. The third-order valence-electron chi connectivity index (χ3n) is 3.45. The lowest BCUT2D eigenvalue weighted by molar-refractivity contribution is -0.385. The van der Waals surface area contributed by atoms with Gasteiger partial charge in [0, 0.05) is 16.8 Å². The van der Waals surface area contributed by atoms with Crippen LogP contribution in [0.5, 0.6) is 0 Å². The average Bonchev–Trinajstić information content (AvgIpc) is 2.66. The standard InChI is InChI=1S/C16H10I3NO9S/c17-8-5-11(14(19)12(18)6-8)16(22)29-4-3-28-15(21)10-2-1-9(30(25,26)27)7-13(10)20(23)24/h1-2,5-7H,3-4H2,(H,25,26,27). The molecule has 0 bridgehead atoms. The summed E-state index contributed by atoms with van der Waals surface area (Å²) in [5, 5.41) is 11.1.